The fraction of sp³-hybridized carbons (Fsp3) is 0.150. The number of amides is 1. The van der Waals surface area contributed by atoms with Gasteiger partial charge in [-0.2, -0.15) is 5.10 Å². The number of H-pyrrole nitrogens is 1. The highest BCUT2D eigenvalue weighted by atomic mass is 32.1. The first-order chi connectivity index (χ1) is 14.4. The minimum Gasteiger partial charge on any atom is -0.298 e. The summed E-state index contributed by atoms with van der Waals surface area (Å²) in [5.41, 5.74) is 2.17. The minimum absolute atomic E-state index is 0.345. The molecule has 3 heterocycles. The zero-order valence-electron chi connectivity index (χ0n) is 16.2. The molecule has 4 rings (SSSR count). The highest BCUT2D eigenvalue weighted by Crippen LogP contribution is 2.32. The lowest BCUT2D eigenvalue weighted by molar-refractivity contribution is 0.102. The molecule has 0 bridgehead atoms. The van der Waals surface area contributed by atoms with E-state index in [0.29, 0.717) is 50.1 Å². The van der Waals surface area contributed by atoms with Crippen molar-refractivity contribution in [2.45, 2.75) is 20.4 Å². The van der Waals surface area contributed by atoms with Crippen molar-refractivity contribution in [1.82, 2.24) is 24.7 Å². The van der Waals surface area contributed by atoms with E-state index in [4.69, 9.17) is 12.2 Å². The Morgan fingerprint density at radius 2 is 2.17 bits per heavy atom. The first-order valence-corrected chi connectivity index (χ1v) is 10.2. The standard InChI is InChI=1S/C20H17FN6OS2/c1-4-7-27-17(25-26-20(27)29)16-11(3)23-19(30-16)24-18(28)14-8-10(2)22-15-9-12(21)5-6-13(14)15/h4-6,8-9H,1,7H2,2-3H3,(H,26,29)(H,23,24,28). The van der Waals surface area contributed by atoms with Crippen LogP contribution >= 0.6 is 23.6 Å². The van der Waals surface area contributed by atoms with Crippen LogP contribution in [0.5, 0.6) is 0 Å². The number of rotatable bonds is 5. The van der Waals surface area contributed by atoms with E-state index in [1.165, 1.54) is 23.5 Å². The third-order valence-electron chi connectivity index (χ3n) is 4.43. The molecule has 7 nitrogen and oxygen atoms in total. The number of hydrogen-bond donors (Lipinski definition) is 2. The van der Waals surface area contributed by atoms with Crippen molar-refractivity contribution in [2.75, 3.05) is 5.32 Å². The van der Waals surface area contributed by atoms with Crippen molar-refractivity contribution in [1.29, 1.82) is 0 Å². The van der Waals surface area contributed by atoms with Crippen LogP contribution in [0.4, 0.5) is 9.52 Å². The number of thiazole rings is 1. The van der Waals surface area contributed by atoms with Gasteiger partial charge < -0.3 is 0 Å². The van der Waals surface area contributed by atoms with Crippen molar-refractivity contribution >= 4 is 45.5 Å². The Morgan fingerprint density at radius 1 is 1.37 bits per heavy atom. The number of aromatic nitrogens is 5. The molecule has 1 aromatic carbocycles. The lowest BCUT2D eigenvalue weighted by Gasteiger charge is -2.07. The van der Waals surface area contributed by atoms with Crippen LogP contribution in [-0.2, 0) is 6.54 Å². The number of hydrogen-bond acceptors (Lipinski definition) is 6. The molecular formula is C20H17FN6OS2. The summed E-state index contributed by atoms with van der Waals surface area (Å²) in [6.07, 6.45) is 1.73. The van der Waals surface area contributed by atoms with E-state index in [1.807, 2.05) is 11.5 Å². The summed E-state index contributed by atoms with van der Waals surface area (Å²) in [4.78, 5) is 22.5. The Labute approximate surface area is 180 Å². The Kier molecular flexibility index (Phi) is 5.27. The molecule has 30 heavy (non-hydrogen) atoms. The topological polar surface area (TPSA) is 88.5 Å². The first kappa shape index (κ1) is 20.0. The van der Waals surface area contributed by atoms with Gasteiger partial charge in [-0.1, -0.05) is 17.4 Å². The van der Waals surface area contributed by atoms with Gasteiger partial charge in [0.05, 0.1) is 21.7 Å². The average molecular weight is 441 g/mol. The summed E-state index contributed by atoms with van der Waals surface area (Å²) in [5, 5.41) is 10.9. The third-order valence-corrected chi connectivity index (χ3v) is 5.82. The highest BCUT2D eigenvalue weighted by Gasteiger charge is 2.19. The number of aromatic amines is 1. The van der Waals surface area contributed by atoms with E-state index < -0.39 is 5.82 Å². The second-order valence-corrected chi connectivity index (χ2v) is 8.00. The van der Waals surface area contributed by atoms with E-state index in [1.54, 1.807) is 25.1 Å². The zero-order valence-corrected chi connectivity index (χ0v) is 17.8. The van der Waals surface area contributed by atoms with Gasteiger partial charge >= 0.3 is 0 Å². The number of carbonyl (C=O) groups excluding carboxylic acids is 1. The number of carbonyl (C=O) groups is 1. The molecule has 10 heteroatoms. The lowest BCUT2D eigenvalue weighted by atomic mass is 10.1. The van der Waals surface area contributed by atoms with Crippen LogP contribution < -0.4 is 5.32 Å². The van der Waals surface area contributed by atoms with Crippen LogP contribution in [0.3, 0.4) is 0 Å². The summed E-state index contributed by atoms with van der Waals surface area (Å²) in [6.45, 7) is 7.84. The average Bonchev–Trinajstić information content (AvgIpc) is 3.23. The number of nitrogens with zero attached hydrogens (tertiary/aromatic N) is 4. The van der Waals surface area contributed by atoms with Gasteiger partial charge in [0.1, 0.15) is 5.82 Å². The smallest absolute Gasteiger partial charge is 0.258 e. The number of allylic oxidation sites excluding steroid dienone is 1. The molecule has 0 fully saturated rings. The van der Waals surface area contributed by atoms with Gasteiger partial charge in [-0.05, 0) is 44.3 Å². The van der Waals surface area contributed by atoms with E-state index in [2.05, 4.69) is 32.1 Å². The largest absolute Gasteiger partial charge is 0.298 e. The fourth-order valence-corrected chi connectivity index (χ4v) is 4.30. The number of halogens is 1. The summed E-state index contributed by atoms with van der Waals surface area (Å²) < 4.78 is 15.9. The molecule has 152 valence electrons. The second-order valence-electron chi connectivity index (χ2n) is 6.61. The Hall–Kier alpha value is -3.24. The Morgan fingerprint density at radius 3 is 2.93 bits per heavy atom. The van der Waals surface area contributed by atoms with Crippen LogP contribution in [0.25, 0.3) is 21.6 Å². The lowest BCUT2D eigenvalue weighted by Crippen LogP contribution is -2.13. The molecule has 3 aromatic heterocycles. The monoisotopic (exact) mass is 440 g/mol. The van der Waals surface area contributed by atoms with E-state index in [0.717, 1.165) is 4.88 Å². The van der Waals surface area contributed by atoms with Crippen molar-refractivity contribution in [2.24, 2.45) is 0 Å². The van der Waals surface area contributed by atoms with Gasteiger partial charge in [-0.25, -0.2) is 9.37 Å². The molecule has 0 saturated carbocycles. The predicted molar refractivity (Wildman–Crippen MR) is 118 cm³/mol. The summed E-state index contributed by atoms with van der Waals surface area (Å²) in [6, 6.07) is 5.85. The van der Waals surface area contributed by atoms with Crippen LogP contribution in [0, 0.1) is 24.4 Å². The number of benzene rings is 1. The van der Waals surface area contributed by atoms with Gasteiger partial charge in [0, 0.05) is 23.7 Å². The molecule has 2 N–H and O–H groups in total. The van der Waals surface area contributed by atoms with Gasteiger partial charge in [-0.15, -0.1) is 6.58 Å². The van der Waals surface area contributed by atoms with Crippen LogP contribution in [0.2, 0.25) is 0 Å². The van der Waals surface area contributed by atoms with E-state index >= 15 is 0 Å². The van der Waals surface area contributed by atoms with Gasteiger partial charge in [-0.3, -0.25) is 24.8 Å². The second kappa shape index (κ2) is 7.88. The van der Waals surface area contributed by atoms with Crippen LogP contribution in [-0.4, -0.2) is 30.6 Å². The van der Waals surface area contributed by atoms with Gasteiger partial charge in [0.15, 0.2) is 15.7 Å². The fourth-order valence-electron chi connectivity index (χ4n) is 3.13. The molecule has 4 aromatic rings. The maximum atomic E-state index is 13.6. The first-order valence-electron chi connectivity index (χ1n) is 8.99. The molecule has 0 saturated heterocycles. The van der Waals surface area contributed by atoms with Gasteiger partial charge in [0.2, 0.25) is 0 Å². The molecule has 0 atom stereocenters. The van der Waals surface area contributed by atoms with E-state index in [-0.39, 0.29) is 5.91 Å². The molecule has 0 spiro atoms. The number of anilines is 1. The van der Waals surface area contributed by atoms with Crippen molar-refractivity contribution < 1.29 is 9.18 Å². The van der Waals surface area contributed by atoms with Crippen molar-refractivity contribution in [3.8, 4) is 10.7 Å². The van der Waals surface area contributed by atoms with Crippen LogP contribution in [0.1, 0.15) is 21.7 Å². The minimum atomic E-state index is -0.403. The molecule has 0 unspecified atom stereocenters. The SMILES string of the molecule is C=CCn1c(-c2sc(NC(=O)c3cc(C)nc4cc(F)ccc34)nc2C)n[nH]c1=S. The molecule has 0 aliphatic carbocycles. The zero-order chi connectivity index (χ0) is 21.4. The Bertz CT molecular complexity index is 1350. The normalized spacial score (nSPS) is 11.0. The quantitative estimate of drug-likeness (QED) is 0.344. The van der Waals surface area contributed by atoms with Crippen molar-refractivity contribution in [3.63, 3.8) is 0 Å². The van der Waals surface area contributed by atoms with Gasteiger partial charge in [0.25, 0.3) is 5.91 Å². The third kappa shape index (κ3) is 3.66. The summed E-state index contributed by atoms with van der Waals surface area (Å²) in [5.74, 6) is -0.112. The molecule has 0 radical (unpaired) electrons. The predicted octanol–water partition coefficient (Wildman–Crippen LogP) is 4.81. The molecule has 0 aliphatic heterocycles. The van der Waals surface area contributed by atoms with Crippen LogP contribution in [0.15, 0.2) is 36.9 Å². The molecule has 0 aliphatic rings. The van der Waals surface area contributed by atoms with Crippen molar-refractivity contribution in [3.05, 3.63) is 64.5 Å². The number of nitrogens with one attached hydrogen (secondary N) is 2. The number of fused-ring (bicyclic) bond motifs is 1. The van der Waals surface area contributed by atoms with E-state index in [9.17, 15) is 9.18 Å². The maximum absolute atomic E-state index is 13.6. The highest BCUT2D eigenvalue weighted by molar-refractivity contribution is 7.71. The summed E-state index contributed by atoms with van der Waals surface area (Å²) >= 11 is 6.57. The Balaban J connectivity index is 1.69. The number of pyridine rings is 1. The number of aryl methyl sites for hydroxylation is 2. The summed E-state index contributed by atoms with van der Waals surface area (Å²) in [7, 11) is 0. The molecular weight excluding hydrogens is 423 g/mol. The molecule has 1 amide bonds. The maximum Gasteiger partial charge on any atom is 0.258 e.